The normalized spacial score (nSPS) is 14.1. The van der Waals surface area contributed by atoms with Crippen molar-refractivity contribution in [1.29, 1.82) is 0 Å². The molecule has 2 aromatic carbocycles. The highest BCUT2D eigenvalue weighted by Crippen LogP contribution is 2.32. The number of nitrogens with two attached hydrogens (primary N) is 1. The van der Waals surface area contributed by atoms with Crippen molar-refractivity contribution in [3.8, 4) is 28.8 Å². The van der Waals surface area contributed by atoms with E-state index in [9.17, 15) is 9.18 Å². The fourth-order valence-electron chi connectivity index (χ4n) is 3.54. The van der Waals surface area contributed by atoms with Crippen molar-refractivity contribution in [2.75, 3.05) is 6.61 Å². The lowest BCUT2D eigenvalue weighted by Gasteiger charge is -2.12. The van der Waals surface area contributed by atoms with Gasteiger partial charge in [0.25, 0.3) is 0 Å². The Morgan fingerprint density at radius 1 is 1.24 bits per heavy atom. The zero-order valence-electron chi connectivity index (χ0n) is 18.5. The first-order valence-electron chi connectivity index (χ1n) is 11.0. The number of hydrogen-bond acceptors (Lipinski definition) is 6. The smallest absolute Gasteiger partial charge is 0.312 e. The van der Waals surface area contributed by atoms with Crippen molar-refractivity contribution >= 4 is 17.1 Å². The van der Waals surface area contributed by atoms with E-state index in [1.807, 2.05) is 24.3 Å². The Morgan fingerprint density at radius 3 is 2.79 bits per heavy atom. The monoisotopic (exact) mass is 462 g/mol. The van der Waals surface area contributed by atoms with Gasteiger partial charge in [0.2, 0.25) is 11.8 Å². The molecule has 4 aromatic rings. The number of nitrogens with zero attached hydrogens (tertiary/aromatic N) is 2. The Morgan fingerprint density at radius 2 is 2.06 bits per heavy atom. The van der Waals surface area contributed by atoms with Gasteiger partial charge >= 0.3 is 6.03 Å². The average molecular weight is 462 g/mol. The van der Waals surface area contributed by atoms with E-state index in [2.05, 4.69) is 15.3 Å². The van der Waals surface area contributed by atoms with Gasteiger partial charge in [-0.05, 0) is 49.9 Å². The van der Waals surface area contributed by atoms with Crippen molar-refractivity contribution in [1.82, 2.24) is 15.3 Å². The number of pyridine rings is 1. The summed E-state index contributed by atoms with van der Waals surface area (Å²) in [6.07, 6.45) is 4.00. The van der Waals surface area contributed by atoms with Crippen LogP contribution < -0.4 is 20.5 Å². The van der Waals surface area contributed by atoms with E-state index in [1.54, 1.807) is 37.4 Å². The first-order valence-corrected chi connectivity index (χ1v) is 11.0. The second-order valence-corrected chi connectivity index (χ2v) is 8.28. The molecule has 34 heavy (non-hydrogen) atoms. The molecule has 5 rings (SSSR count). The minimum Gasteiger partial charge on any atom is -0.493 e. The molecule has 0 bridgehead atoms. The summed E-state index contributed by atoms with van der Waals surface area (Å²) in [7, 11) is 0. The number of carbonyl (C=O) groups is 1. The minimum atomic E-state index is -0.740. The van der Waals surface area contributed by atoms with Crippen LogP contribution in [0, 0.1) is 11.7 Å². The lowest BCUT2D eigenvalue weighted by Crippen LogP contribution is -2.32. The van der Waals surface area contributed by atoms with Gasteiger partial charge in [-0.3, -0.25) is 0 Å². The van der Waals surface area contributed by atoms with Gasteiger partial charge in [0.15, 0.2) is 11.4 Å². The third-order valence-electron chi connectivity index (χ3n) is 5.55. The summed E-state index contributed by atoms with van der Waals surface area (Å²) in [5, 5.41) is 2.45. The maximum atomic E-state index is 15.0. The summed E-state index contributed by atoms with van der Waals surface area (Å²) >= 11 is 0. The van der Waals surface area contributed by atoms with E-state index in [-0.39, 0.29) is 17.0 Å². The third-order valence-corrected chi connectivity index (χ3v) is 5.55. The number of aromatic nitrogens is 2. The summed E-state index contributed by atoms with van der Waals surface area (Å²) in [4.78, 5) is 19.8. The van der Waals surface area contributed by atoms with E-state index in [0.29, 0.717) is 28.6 Å². The fourth-order valence-corrected chi connectivity index (χ4v) is 3.54. The molecule has 3 N–H and O–H groups in total. The number of hydrogen-bond donors (Lipinski definition) is 2. The van der Waals surface area contributed by atoms with Crippen molar-refractivity contribution in [3.05, 3.63) is 66.1 Å². The molecular formula is C25H23FN4O4. The summed E-state index contributed by atoms with van der Waals surface area (Å²) in [5.41, 5.74) is 6.30. The quantitative estimate of drug-likeness (QED) is 0.366. The average Bonchev–Trinajstić information content (AvgIpc) is 3.54. The van der Waals surface area contributed by atoms with Crippen LogP contribution in [0.2, 0.25) is 0 Å². The molecule has 9 heteroatoms. The van der Waals surface area contributed by atoms with Crippen LogP contribution in [0.15, 0.2) is 59.1 Å². The molecule has 0 saturated heterocycles. The summed E-state index contributed by atoms with van der Waals surface area (Å²) in [6.45, 7) is 2.35. The molecule has 0 radical (unpaired) electrons. The third kappa shape index (κ3) is 4.78. The number of carbonyl (C=O) groups excluding carboxylic acids is 1. The number of ether oxygens (including phenoxy) is 2. The van der Waals surface area contributed by atoms with Crippen LogP contribution in [0.1, 0.15) is 31.4 Å². The molecule has 1 fully saturated rings. The number of rotatable bonds is 8. The first kappa shape index (κ1) is 21.7. The molecule has 2 heterocycles. The molecule has 1 unspecified atom stereocenters. The number of fused-ring (bicyclic) bond motifs is 1. The zero-order valence-corrected chi connectivity index (χ0v) is 18.5. The lowest BCUT2D eigenvalue weighted by molar-refractivity contribution is 0.246. The highest BCUT2D eigenvalue weighted by atomic mass is 19.1. The number of oxazole rings is 1. The second kappa shape index (κ2) is 9.01. The van der Waals surface area contributed by atoms with Gasteiger partial charge in [-0.25, -0.2) is 19.2 Å². The van der Waals surface area contributed by atoms with Gasteiger partial charge in [-0.15, -0.1) is 0 Å². The van der Waals surface area contributed by atoms with Crippen molar-refractivity contribution in [2.24, 2.45) is 11.7 Å². The first-order chi connectivity index (χ1) is 16.5. The van der Waals surface area contributed by atoms with Crippen LogP contribution in [0.3, 0.4) is 0 Å². The molecule has 1 aliphatic carbocycles. The largest absolute Gasteiger partial charge is 0.493 e. The predicted molar refractivity (Wildman–Crippen MR) is 123 cm³/mol. The molecule has 0 aliphatic heterocycles. The minimum absolute atomic E-state index is 0.00559. The number of halogens is 1. The summed E-state index contributed by atoms with van der Waals surface area (Å²) < 4.78 is 32.3. The Labute approximate surface area is 194 Å². The topological polar surface area (TPSA) is 112 Å². The molecule has 1 saturated carbocycles. The van der Waals surface area contributed by atoms with Crippen LogP contribution in [0.25, 0.3) is 22.6 Å². The molecule has 8 nitrogen and oxygen atoms in total. The van der Waals surface area contributed by atoms with Crippen LogP contribution in [0.4, 0.5) is 9.18 Å². The second-order valence-electron chi connectivity index (χ2n) is 8.28. The number of benzene rings is 2. The van der Waals surface area contributed by atoms with E-state index in [4.69, 9.17) is 19.6 Å². The van der Waals surface area contributed by atoms with Gasteiger partial charge in [-0.1, -0.05) is 12.1 Å². The van der Waals surface area contributed by atoms with Gasteiger partial charge < -0.3 is 24.9 Å². The Kier molecular flexibility index (Phi) is 5.75. The Balaban J connectivity index is 1.32. The van der Waals surface area contributed by atoms with Crippen LogP contribution in [-0.2, 0) is 0 Å². The molecule has 174 valence electrons. The number of urea groups is 1. The van der Waals surface area contributed by atoms with Gasteiger partial charge in [0.1, 0.15) is 17.0 Å². The van der Waals surface area contributed by atoms with Gasteiger partial charge in [-0.2, -0.15) is 0 Å². The molecular weight excluding hydrogens is 439 g/mol. The van der Waals surface area contributed by atoms with E-state index < -0.39 is 17.9 Å². The molecule has 0 spiro atoms. The number of nitrogens with one attached hydrogen (secondary N) is 1. The van der Waals surface area contributed by atoms with Crippen LogP contribution in [-0.4, -0.2) is 22.6 Å². The summed E-state index contributed by atoms with van der Waals surface area (Å²) in [5.74, 6) is 2.04. The van der Waals surface area contributed by atoms with E-state index in [1.165, 1.54) is 12.8 Å². The summed E-state index contributed by atoms with van der Waals surface area (Å²) in [6, 6.07) is 12.6. The lowest BCUT2D eigenvalue weighted by atomic mass is 10.1. The fraction of sp³-hybridized carbons (Fsp3) is 0.240. The number of amides is 2. The molecule has 1 atom stereocenters. The SMILES string of the molecule is CC(NC(N)=O)c1ccc2nc(-c3ccc(Oc4cccc(OCC5CC5)c4)nc3)oc2c1F. The molecule has 1 aliphatic rings. The highest BCUT2D eigenvalue weighted by molar-refractivity contribution is 5.78. The molecule has 2 aromatic heterocycles. The van der Waals surface area contributed by atoms with Crippen molar-refractivity contribution in [3.63, 3.8) is 0 Å². The van der Waals surface area contributed by atoms with E-state index >= 15 is 0 Å². The van der Waals surface area contributed by atoms with Crippen molar-refractivity contribution < 1.29 is 23.1 Å². The van der Waals surface area contributed by atoms with Gasteiger partial charge in [0, 0.05) is 23.9 Å². The van der Waals surface area contributed by atoms with Crippen LogP contribution >= 0.6 is 0 Å². The Hall–Kier alpha value is -4.14. The predicted octanol–water partition coefficient (Wildman–Crippen LogP) is 5.34. The standard InChI is InChI=1S/C25H23FN4O4/c1-14(29-25(27)31)19-8-9-20-23(22(19)26)34-24(30-20)16-7-10-21(28-12-16)33-18-4-2-3-17(11-18)32-13-15-5-6-15/h2-4,7-12,14-15H,5-6,13H2,1H3,(H3,27,29,31). The molecule has 2 amide bonds. The zero-order chi connectivity index (χ0) is 23.7. The van der Waals surface area contributed by atoms with Crippen molar-refractivity contribution in [2.45, 2.75) is 25.8 Å². The van der Waals surface area contributed by atoms with E-state index in [0.717, 1.165) is 12.4 Å². The number of primary amides is 1. The maximum Gasteiger partial charge on any atom is 0.312 e. The Bertz CT molecular complexity index is 1330. The highest BCUT2D eigenvalue weighted by Gasteiger charge is 2.22. The van der Waals surface area contributed by atoms with Crippen LogP contribution in [0.5, 0.6) is 17.4 Å². The van der Waals surface area contributed by atoms with Gasteiger partial charge in [0.05, 0.1) is 18.2 Å². The maximum absolute atomic E-state index is 15.0.